The van der Waals surface area contributed by atoms with Crippen molar-refractivity contribution in [1.29, 1.82) is 0 Å². The number of halogens is 1. The summed E-state index contributed by atoms with van der Waals surface area (Å²) >= 11 is 0. The molecule has 1 aliphatic rings. The molecule has 9 heteroatoms. The molecule has 1 aliphatic carbocycles. The van der Waals surface area contributed by atoms with Gasteiger partial charge in [0.25, 0.3) is 0 Å². The van der Waals surface area contributed by atoms with Crippen molar-refractivity contribution in [2.24, 2.45) is 4.99 Å². The zero-order valence-electron chi connectivity index (χ0n) is 16.9. The second-order valence-electron chi connectivity index (χ2n) is 7.47. The van der Waals surface area contributed by atoms with Gasteiger partial charge >= 0.3 is 0 Å². The number of aromatic nitrogens is 4. The van der Waals surface area contributed by atoms with Crippen LogP contribution in [-0.4, -0.2) is 50.0 Å². The summed E-state index contributed by atoms with van der Waals surface area (Å²) in [5.74, 6) is 0.692. The molecule has 1 saturated carbocycles. The Kier molecular flexibility index (Phi) is 6.18. The van der Waals surface area contributed by atoms with Crippen molar-refractivity contribution in [3.63, 3.8) is 0 Å². The van der Waals surface area contributed by atoms with E-state index in [1.54, 1.807) is 31.4 Å². The van der Waals surface area contributed by atoms with Gasteiger partial charge < -0.3 is 20.7 Å². The van der Waals surface area contributed by atoms with Crippen LogP contribution in [0.25, 0.3) is 11.2 Å². The normalized spacial score (nSPS) is 19.4. The molecule has 8 nitrogen and oxygen atoms in total. The predicted molar refractivity (Wildman–Crippen MR) is 116 cm³/mol. The highest BCUT2D eigenvalue weighted by Crippen LogP contribution is 2.25. The van der Waals surface area contributed by atoms with Gasteiger partial charge in [0.05, 0.1) is 18.0 Å². The first-order valence-corrected chi connectivity index (χ1v) is 10.2. The Morgan fingerprint density at radius 3 is 2.80 bits per heavy atom. The highest BCUT2D eigenvalue weighted by Gasteiger charge is 2.21. The van der Waals surface area contributed by atoms with Crippen LogP contribution >= 0.6 is 0 Å². The second kappa shape index (κ2) is 9.17. The number of para-hydroxylation sites is 1. The Labute approximate surface area is 174 Å². The van der Waals surface area contributed by atoms with E-state index in [2.05, 4.69) is 30.6 Å². The minimum atomic E-state index is -0.348. The molecule has 0 aliphatic heterocycles. The molecule has 0 unspecified atom stereocenters. The molecule has 4 rings (SSSR count). The molecule has 3 N–H and O–H groups in total. The van der Waals surface area contributed by atoms with Crippen molar-refractivity contribution in [2.45, 2.75) is 50.8 Å². The van der Waals surface area contributed by atoms with Gasteiger partial charge in [-0.2, -0.15) is 4.98 Å². The molecule has 0 amide bonds. The lowest BCUT2D eigenvalue weighted by Gasteiger charge is -2.26. The second-order valence-corrected chi connectivity index (χ2v) is 7.47. The number of benzene rings is 1. The summed E-state index contributed by atoms with van der Waals surface area (Å²) in [5, 5.41) is 16.2. The molecule has 3 aromatic rings. The van der Waals surface area contributed by atoms with E-state index in [0.717, 1.165) is 25.7 Å². The smallest absolute Gasteiger partial charge is 0.224 e. The number of aliphatic hydroxyl groups is 1. The number of nitrogens with zero attached hydrogens (tertiary/aromatic N) is 5. The van der Waals surface area contributed by atoms with Crippen molar-refractivity contribution in [2.75, 3.05) is 17.7 Å². The van der Waals surface area contributed by atoms with Crippen LogP contribution in [-0.2, 0) is 6.54 Å². The lowest BCUT2D eigenvalue weighted by atomic mass is 9.93. The summed E-state index contributed by atoms with van der Waals surface area (Å²) < 4.78 is 16.1. The molecule has 1 aromatic carbocycles. The fourth-order valence-electron chi connectivity index (χ4n) is 3.70. The largest absolute Gasteiger partial charge is 0.393 e. The van der Waals surface area contributed by atoms with Crippen LogP contribution in [0.4, 0.5) is 22.0 Å². The number of imidazole rings is 1. The molecule has 30 heavy (non-hydrogen) atoms. The number of hydrogen-bond acceptors (Lipinski definition) is 7. The van der Waals surface area contributed by atoms with Gasteiger partial charge in [-0.15, -0.1) is 0 Å². The third-order valence-corrected chi connectivity index (χ3v) is 5.30. The van der Waals surface area contributed by atoms with E-state index in [1.165, 1.54) is 6.07 Å². The van der Waals surface area contributed by atoms with Crippen LogP contribution in [0.2, 0.25) is 0 Å². The number of aryl methyl sites for hydroxylation is 1. The van der Waals surface area contributed by atoms with Crippen LogP contribution in [0, 0.1) is 5.82 Å². The quantitative estimate of drug-likeness (QED) is 0.515. The summed E-state index contributed by atoms with van der Waals surface area (Å²) in [4.78, 5) is 17.7. The van der Waals surface area contributed by atoms with Crippen molar-refractivity contribution >= 4 is 35.0 Å². The van der Waals surface area contributed by atoms with Gasteiger partial charge in [-0.1, -0.05) is 12.1 Å². The predicted octanol–water partition coefficient (Wildman–Crippen LogP) is 3.52. The van der Waals surface area contributed by atoms with Gasteiger partial charge in [0, 0.05) is 32.3 Å². The molecule has 0 atom stereocenters. The first-order chi connectivity index (χ1) is 14.6. The highest BCUT2D eigenvalue weighted by atomic mass is 19.1. The maximum atomic E-state index is 14.1. The van der Waals surface area contributed by atoms with Gasteiger partial charge in [-0.05, 0) is 37.8 Å². The third-order valence-electron chi connectivity index (χ3n) is 5.30. The topological polar surface area (TPSA) is 100 Å². The van der Waals surface area contributed by atoms with Gasteiger partial charge in [0.15, 0.2) is 5.65 Å². The zero-order valence-corrected chi connectivity index (χ0v) is 16.9. The van der Waals surface area contributed by atoms with Crippen LogP contribution in [0.1, 0.15) is 32.1 Å². The Morgan fingerprint density at radius 2 is 2.03 bits per heavy atom. The van der Waals surface area contributed by atoms with E-state index >= 15 is 0 Å². The molecule has 158 valence electrons. The Morgan fingerprint density at radius 1 is 1.23 bits per heavy atom. The number of nitrogens with one attached hydrogen (secondary N) is 2. The van der Waals surface area contributed by atoms with Crippen molar-refractivity contribution in [1.82, 2.24) is 19.5 Å². The minimum Gasteiger partial charge on any atom is -0.393 e. The van der Waals surface area contributed by atoms with Crippen LogP contribution in [0.5, 0.6) is 0 Å². The first-order valence-electron chi connectivity index (χ1n) is 10.2. The molecule has 0 bridgehead atoms. The lowest BCUT2D eigenvalue weighted by molar-refractivity contribution is 0.126. The minimum absolute atomic E-state index is 0.208. The number of hydrogen-bond donors (Lipinski definition) is 3. The summed E-state index contributed by atoms with van der Waals surface area (Å²) in [6.45, 7) is 0.594. The van der Waals surface area contributed by atoms with Gasteiger partial charge in [0.2, 0.25) is 11.9 Å². The summed E-state index contributed by atoms with van der Waals surface area (Å²) in [5.41, 5.74) is 1.66. The van der Waals surface area contributed by atoms with Gasteiger partial charge in [0.1, 0.15) is 11.3 Å². The molecule has 0 saturated heterocycles. The van der Waals surface area contributed by atoms with Crippen LogP contribution in [0.3, 0.4) is 0 Å². The fourth-order valence-corrected chi connectivity index (χ4v) is 3.70. The number of rotatable bonds is 7. The zero-order chi connectivity index (χ0) is 20.9. The maximum Gasteiger partial charge on any atom is 0.224 e. The van der Waals surface area contributed by atoms with Crippen LogP contribution < -0.4 is 10.6 Å². The molecule has 1 fully saturated rings. The van der Waals surface area contributed by atoms with Crippen molar-refractivity contribution in [3.05, 3.63) is 36.3 Å². The van der Waals surface area contributed by atoms with E-state index in [9.17, 15) is 9.50 Å². The lowest BCUT2D eigenvalue weighted by Crippen LogP contribution is -2.28. The Hall–Kier alpha value is -3.07. The number of fused-ring (bicyclic) bond motifs is 1. The Balaban J connectivity index is 1.63. The van der Waals surface area contributed by atoms with E-state index in [4.69, 9.17) is 0 Å². The molecular weight excluding hydrogens is 385 g/mol. The van der Waals surface area contributed by atoms with Crippen molar-refractivity contribution in [3.8, 4) is 0 Å². The van der Waals surface area contributed by atoms with Crippen molar-refractivity contribution < 1.29 is 9.50 Å². The van der Waals surface area contributed by atoms with Crippen LogP contribution in [0.15, 0.2) is 35.5 Å². The van der Waals surface area contributed by atoms with Gasteiger partial charge in [-0.3, -0.25) is 4.57 Å². The van der Waals surface area contributed by atoms with E-state index < -0.39 is 0 Å². The number of aliphatic imine (C=N–C) groups is 1. The molecular formula is C21H26FN7O. The average molecular weight is 411 g/mol. The Bertz CT molecular complexity index is 1030. The monoisotopic (exact) mass is 411 g/mol. The maximum absolute atomic E-state index is 14.1. The summed E-state index contributed by atoms with van der Waals surface area (Å²) in [7, 11) is 1.73. The SMILES string of the molecule is C/N=C/CCn1c(Nc2ccccc2F)nc2cnc(NC3CCC(O)CC3)nc21. The molecule has 2 heterocycles. The summed E-state index contributed by atoms with van der Waals surface area (Å²) in [6, 6.07) is 6.73. The first kappa shape index (κ1) is 20.2. The average Bonchev–Trinajstić information content (AvgIpc) is 3.08. The number of aliphatic hydroxyl groups excluding tert-OH is 1. The van der Waals surface area contributed by atoms with E-state index in [0.29, 0.717) is 41.7 Å². The van der Waals surface area contributed by atoms with Gasteiger partial charge in [-0.25, -0.2) is 14.4 Å². The highest BCUT2D eigenvalue weighted by molar-refractivity contribution is 5.76. The molecule has 2 aromatic heterocycles. The standard InChI is InChI=1S/C21H26FN7O/c1-23-11-4-12-29-19-18(27-21(29)26-17-6-3-2-5-16(17)22)13-24-20(28-19)25-14-7-9-15(30)10-8-14/h2-3,5-6,11,13-15,30H,4,7-10,12H2,1H3,(H,26,27)(H,24,25,28)/b23-11+. The van der Waals surface area contributed by atoms with E-state index in [-0.39, 0.29) is 18.0 Å². The number of anilines is 3. The molecule has 0 spiro atoms. The fraction of sp³-hybridized carbons (Fsp3) is 0.429. The van der Waals surface area contributed by atoms with E-state index in [1.807, 2.05) is 10.8 Å². The molecule has 0 radical (unpaired) electrons. The third kappa shape index (κ3) is 4.56. The summed E-state index contributed by atoms with van der Waals surface area (Å²) in [6.07, 6.45) is 7.33.